The minimum Gasteiger partial charge on any atom is -0.480 e. The molecular weight excluding hydrogens is 256 g/mol. The molecule has 3 N–H and O–H groups in total. The molecule has 0 heterocycles. The second kappa shape index (κ2) is 6.95. The van der Waals surface area contributed by atoms with Crippen molar-refractivity contribution < 1.29 is 14.7 Å². The number of aliphatic carboxylic acids is 1. The molecule has 5 heteroatoms. The van der Waals surface area contributed by atoms with Crippen LogP contribution in [0.25, 0.3) is 0 Å². The smallest absolute Gasteiger partial charge is 0.329 e. The summed E-state index contributed by atoms with van der Waals surface area (Å²) in [6, 6.07) is -0.372. The Morgan fingerprint density at radius 3 is 2.15 bits per heavy atom. The molecular formula is C15H28N2O3. The van der Waals surface area contributed by atoms with Crippen molar-refractivity contribution in [3.8, 4) is 0 Å². The van der Waals surface area contributed by atoms with Gasteiger partial charge in [0.05, 0.1) is 0 Å². The van der Waals surface area contributed by atoms with Crippen LogP contribution in [0.1, 0.15) is 65.7 Å². The van der Waals surface area contributed by atoms with Gasteiger partial charge in [-0.15, -0.1) is 0 Å². The molecule has 116 valence electrons. The quantitative estimate of drug-likeness (QED) is 0.701. The minimum absolute atomic E-state index is 0.153. The van der Waals surface area contributed by atoms with E-state index in [0.717, 1.165) is 12.8 Å². The molecule has 20 heavy (non-hydrogen) atoms. The van der Waals surface area contributed by atoms with Gasteiger partial charge in [-0.05, 0) is 31.1 Å². The zero-order valence-corrected chi connectivity index (χ0v) is 12.9. The lowest BCUT2D eigenvalue weighted by atomic mass is 9.76. The highest BCUT2D eigenvalue weighted by Crippen LogP contribution is 2.34. The first-order valence-electron chi connectivity index (χ1n) is 7.67. The van der Waals surface area contributed by atoms with Crippen LogP contribution in [0.5, 0.6) is 0 Å². The van der Waals surface area contributed by atoms with Gasteiger partial charge >= 0.3 is 12.0 Å². The molecule has 0 bridgehead atoms. The molecule has 0 atom stereocenters. The summed E-state index contributed by atoms with van der Waals surface area (Å²) < 4.78 is 0. The van der Waals surface area contributed by atoms with Gasteiger partial charge in [0.25, 0.3) is 0 Å². The van der Waals surface area contributed by atoms with Crippen LogP contribution in [0, 0.1) is 5.41 Å². The van der Waals surface area contributed by atoms with Crippen LogP contribution >= 0.6 is 0 Å². The van der Waals surface area contributed by atoms with E-state index < -0.39 is 11.5 Å². The van der Waals surface area contributed by atoms with Gasteiger partial charge < -0.3 is 15.7 Å². The fourth-order valence-electron chi connectivity index (χ4n) is 2.92. The number of carbonyl (C=O) groups is 2. The second-order valence-electron chi connectivity index (χ2n) is 6.27. The summed E-state index contributed by atoms with van der Waals surface area (Å²) in [5.41, 5.74) is -1.00. The molecule has 2 amide bonds. The van der Waals surface area contributed by atoms with Crippen molar-refractivity contribution in [2.24, 2.45) is 5.41 Å². The van der Waals surface area contributed by atoms with E-state index in [-0.39, 0.29) is 11.4 Å². The normalized spacial score (nSPS) is 18.4. The van der Waals surface area contributed by atoms with Crippen LogP contribution in [0.3, 0.4) is 0 Å². The molecule has 0 aromatic carbocycles. The van der Waals surface area contributed by atoms with E-state index in [4.69, 9.17) is 0 Å². The zero-order valence-electron chi connectivity index (χ0n) is 12.9. The number of carboxylic acids is 1. The van der Waals surface area contributed by atoms with Crippen LogP contribution in [0.15, 0.2) is 0 Å². The Labute approximate surface area is 121 Å². The summed E-state index contributed by atoms with van der Waals surface area (Å²) in [7, 11) is 0. The van der Waals surface area contributed by atoms with Crippen molar-refractivity contribution in [1.29, 1.82) is 0 Å². The Morgan fingerprint density at radius 1 is 1.15 bits per heavy atom. The highest BCUT2D eigenvalue weighted by molar-refractivity contribution is 5.86. The van der Waals surface area contributed by atoms with Gasteiger partial charge in [-0.25, -0.2) is 9.59 Å². The van der Waals surface area contributed by atoms with Gasteiger partial charge in [-0.3, -0.25) is 0 Å². The highest BCUT2D eigenvalue weighted by atomic mass is 16.4. The lowest BCUT2D eigenvalue weighted by molar-refractivity contribution is -0.144. The number of hydrogen-bond donors (Lipinski definition) is 3. The topological polar surface area (TPSA) is 78.4 Å². The van der Waals surface area contributed by atoms with Crippen LogP contribution in [-0.4, -0.2) is 29.2 Å². The molecule has 0 aliphatic heterocycles. The Bertz CT molecular complexity index is 345. The third-order valence-electron chi connectivity index (χ3n) is 4.71. The molecule has 1 fully saturated rings. The van der Waals surface area contributed by atoms with Gasteiger partial charge in [0, 0.05) is 6.54 Å². The standard InChI is InChI=1S/C15H28N2O3/c1-4-15(5-2,12(18)19)17-13(20)16-11-14(3)9-7-6-8-10-14/h4-11H2,1-3H3,(H,18,19)(H2,16,17,20). The Hall–Kier alpha value is -1.26. The maximum Gasteiger partial charge on any atom is 0.329 e. The predicted molar refractivity (Wildman–Crippen MR) is 78.7 cm³/mol. The van der Waals surface area contributed by atoms with Gasteiger partial charge in [-0.1, -0.05) is 40.0 Å². The minimum atomic E-state index is -1.16. The lowest BCUT2D eigenvalue weighted by Gasteiger charge is -2.34. The molecule has 1 aliphatic carbocycles. The van der Waals surface area contributed by atoms with Crippen molar-refractivity contribution in [1.82, 2.24) is 10.6 Å². The summed E-state index contributed by atoms with van der Waals surface area (Å²) in [5.74, 6) is -0.971. The van der Waals surface area contributed by atoms with Gasteiger partial charge in [0.2, 0.25) is 0 Å². The van der Waals surface area contributed by atoms with E-state index in [9.17, 15) is 14.7 Å². The number of carboxylic acid groups (broad SMARTS) is 1. The largest absolute Gasteiger partial charge is 0.480 e. The number of urea groups is 1. The summed E-state index contributed by atoms with van der Waals surface area (Å²) >= 11 is 0. The summed E-state index contributed by atoms with van der Waals surface area (Å²) in [4.78, 5) is 23.3. The Kier molecular flexibility index (Phi) is 5.84. The maximum atomic E-state index is 12.0. The maximum absolute atomic E-state index is 12.0. The first-order valence-corrected chi connectivity index (χ1v) is 7.67. The van der Waals surface area contributed by atoms with Crippen molar-refractivity contribution >= 4 is 12.0 Å². The number of nitrogens with one attached hydrogen (secondary N) is 2. The van der Waals surface area contributed by atoms with E-state index in [1.165, 1.54) is 19.3 Å². The Morgan fingerprint density at radius 2 is 1.70 bits per heavy atom. The fraction of sp³-hybridized carbons (Fsp3) is 0.867. The Balaban J connectivity index is 2.52. The average molecular weight is 284 g/mol. The zero-order chi connectivity index (χ0) is 15.2. The SMILES string of the molecule is CCC(CC)(NC(=O)NCC1(C)CCCCC1)C(=O)O. The monoisotopic (exact) mass is 284 g/mol. The lowest BCUT2D eigenvalue weighted by Crippen LogP contribution is -2.57. The highest BCUT2D eigenvalue weighted by Gasteiger charge is 2.37. The molecule has 0 unspecified atom stereocenters. The van der Waals surface area contributed by atoms with E-state index >= 15 is 0 Å². The first-order chi connectivity index (χ1) is 9.37. The molecule has 0 saturated heterocycles. The first kappa shape index (κ1) is 16.8. The summed E-state index contributed by atoms with van der Waals surface area (Å²) in [6.07, 6.45) is 6.70. The van der Waals surface area contributed by atoms with E-state index in [0.29, 0.717) is 19.4 Å². The molecule has 1 aliphatic rings. The predicted octanol–water partition coefficient (Wildman–Crippen LogP) is 2.90. The van der Waals surface area contributed by atoms with E-state index in [1.807, 2.05) is 0 Å². The van der Waals surface area contributed by atoms with Crippen molar-refractivity contribution in [2.45, 2.75) is 71.3 Å². The summed E-state index contributed by atoms with van der Waals surface area (Å²) in [6.45, 7) is 6.36. The van der Waals surface area contributed by atoms with Gasteiger partial charge in [-0.2, -0.15) is 0 Å². The summed E-state index contributed by atoms with van der Waals surface area (Å²) in [5, 5.41) is 14.8. The molecule has 0 aromatic heterocycles. The van der Waals surface area contributed by atoms with E-state index in [1.54, 1.807) is 13.8 Å². The van der Waals surface area contributed by atoms with Crippen molar-refractivity contribution in [3.05, 3.63) is 0 Å². The second-order valence-corrected chi connectivity index (χ2v) is 6.27. The number of carbonyl (C=O) groups excluding carboxylic acids is 1. The molecule has 1 saturated carbocycles. The molecule has 0 aromatic rings. The van der Waals surface area contributed by atoms with Crippen LogP contribution in [0.2, 0.25) is 0 Å². The molecule has 0 radical (unpaired) electrons. The van der Waals surface area contributed by atoms with Crippen molar-refractivity contribution in [2.75, 3.05) is 6.54 Å². The van der Waals surface area contributed by atoms with Crippen molar-refractivity contribution in [3.63, 3.8) is 0 Å². The number of hydrogen-bond acceptors (Lipinski definition) is 2. The molecule has 1 rings (SSSR count). The molecule has 0 spiro atoms. The van der Waals surface area contributed by atoms with E-state index in [2.05, 4.69) is 17.6 Å². The van der Waals surface area contributed by atoms with Crippen LogP contribution < -0.4 is 10.6 Å². The number of rotatable bonds is 6. The fourth-order valence-corrected chi connectivity index (χ4v) is 2.92. The molecule has 5 nitrogen and oxygen atoms in total. The van der Waals surface area contributed by atoms with Crippen LogP contribution in [-0.2, 0) is 4.79 Å². The number of amides is 2. The van der Waals surface area contributed by atoms with Gasteiger partial charge in [0.1, 0.15) is 5.54 Å². The third kappa shape index (κ3) is 4.12. The average Bonchev–Trinajstić information content (AvgIpc) is 2.43. The van der Waals surface area contributed by atoms with Gasteiger partial charge in [0.15, 0.2) is 0 Å². The van der Waals surface area contributed by atoms with Crippen LogP contribution in [0.4, 0.5) is 4.79 Å². The third-order valence-corrected chi connectivity index (χ3v) is 4.71.